The zero-order chi connectivity index (χ0) is 8.65. The van der Waals surface area contributed by atoms with Crippen molar-refractivity contribution in [3.63, 3.8) is 0 Å². The molecule has 1 aliphatic rings. The molecule has 1 fully saturated rings. The van der Waals surface area contributed by atoms with Gasteiger partial charge in [-0.3, -0.25) is 0 Å². The van der Waals surface area contributed by atoms with Gasteiger partial charge in [0, 0.05) is 0 Å². The standard InChI is InChI=1S/C10H18O/c1-7(2)5-8-6-9(11)10(8,3)4/h5,8-9,11H,6H2,1-4H3. The molecule has 1 N–H and O–H groups in total. The topological polar surface area (TPSA) is 20.2 Å². The molecule has 0 bridgehead atoms. The molecule has 2 atom stereocenters. The summed E-state index contributed by atoms with van der Waals surface area (Å²) < 4.78 is 0. The van der Waals surface area contributed by atoms with Crippen LogP contribution in [0.3, 0.4) is 0 Å². The van der Waals surface area contributed by atoms with Crippen LogP contribution in [-0.4, -0.2) is 11.2 Å². The van der Waals surface area contributed by atoms with Gasteiger partial charge in [-0.1, -0.05) is 25.5 Å². The first-order valence-corrected chi connectivity index (χ1v) is 4.27. The van der Waals surface area contributed by atoms with E-state index in [1.807, 2.05) is 0 Å². The van der Waals surface area contributed by atoms with Gasteiger partial charge in [0.15, 0.2) is 0 Å². The number of hydrogen-bond acceptors (Lipinski definition) is 1. The smallest absolute Gasteiger partial charge is 0.0602 e. The summed E-state index contributed by atoms with van der Waals surface area (Å²) in [5, 5.41) is 9.43. The molecule has 1 saturated carbocycles. The number of aliphatic hydroxyl groups is 1. The number of rotatable bonds is 1. The third-order valence-corrected chi connectivity index (χ3v) is 2.83. The van der Waals surface area contributed by atoms with E-state index < -0.39 is 0 Å². The first-order valence-electron chi connectivity index (χ1n) is 4.27. The Bertz CT molecular complexity index is 175. The minimum atomic E-state index is -0.0944. The summed E-state index contributed by atoms with van der Waals surface area (Å²) in [6.07, 6.45) is 3.12. The van der Waals surface area contributed by atoms with Crippen molar-refractivity contribution in [1.29, 1.82) is 0 Å². The van der Waals surface area contributed by atoms with Crippen LogP contribution in [0.25, 0.3) is 0 Å². The van der Waals surface area contributed by atoms with Crippen LogP contribution >= 0.6 is 0 Å². The third-order valence-electron chi connectivity index (χ3n) is 2.83. The van der Waals surface area contributed by atoms with Gasteiger partial charge in [0.25, 0.3) is 0 Å². The Balaban J connectivity index is 2.60. The average molecular weight is 154 g/mol. The molecule has 2 unspecified atom stereocenters. The van der Waals surface area contributed by atoms with Gasteiger partial charge in [-0.05, 0) is 31.6 Å². The Kier molecular flexibility index (Phi) is 2.10. The van der Waals surface area contributed by atoms with Crippen LogP contribution in [0.5, 0.6) is 0 Å². The van der Waals surface area contributed by atoms with Crippen LogP contribution in [0.1, 0.15) is 34.1 Å². The first kappa shape index (κ1) is 8.79. The molecule has 0 amide bonds. The predicted octanol–water partition coefficient (Wildman–Crippen LogP) is 2.36. The SMILES string of the molecule is CC(C)=CC1CC(O)C1(C)C. The van der Waals surface area contributed by atoms with Gasteiger partial charge in [0.1, 0.15) is 0 Å². The van der Waals surface area contributed by atoms with E-state index in [0.717, 1.165) is 6.42 Å². The lowest BCUT2D eigenvalue weighted by atomic mass is 9.60. The highest BCUT2D eigenvalue weighted by Crippen LogP contribution is 2.47. The number of aliphatic hydroxyl groups excluding tert-OH is 1. The highest BCUT2D eigenvalue weighted by atomic mass is 16.3. The Morgan fingerprint density at radius 1 is 1.45 bits per heavy atom. The van der Waals surface area contributed by atoms with E-state index in [9.17, 15) is 5.11 Å². The maximum Gasteiger partial charge on any atom is 0.0602 e. The first-order chi connectivity index (χ1) is 4.94. The van der Waals surface area contributed by atoms with Crippen molar-refractivity contribution in [3.8, 4) is 0 Å². The summed E-state index contributed by atoms with van der Waals surface area (Å²) in [5.74, 6) is 0.586. The molecule has 0 radical (unpaired) electrons. The molecular weight excluding hydrogens is 136 g/mol. The molecule has 0 aromatic carbocycles. The summed E-state index contributed by atoms with van der Waals surface area (Å²) in [7, 11) is 0. The van der Waals surface area contributed by atoms with Gasteiger partial charge in [-0.25, -0.2) is 0 Å². The van der Waals surface area contributed by atoms with Crippen LogP contribution in [0.15, 0.2) is 11.6 Å². The normalized spacial score (nSPS) is 34.3. The Labute approximate surface area is 69.1 Å². The quantitative estimate of drug-likeness (QED) is 0.575. The van der Waals surface area contributed by atoms with Crippen LogP contribution in [0.2, 0.25) is 0 Å². The van der Waals surface area contributed by atoms with Gasteiger partial charge < -0.3 is 5.11 Å². The van der Waals surface area contributed by atoms with E-state index in [0.29, 0.717) is 5.92 Å². The Morgan fingerprint density at radius 3 is 2.27 bits per heavy atom. The molecule has 0 aromatic heterocycles. The number of allylic oxidation sites excluding steroid dienone is 2. The fourth-order valence-corrected chi connectivity index (χ4v) is 1.62. The molecule has 0 aromatic rings. The Hall–Kier alpha value is -0.300. The summed E-state index contributed by atoms with van der Waals surface area (Å²) in [4.78, 5) is 0. The fraction of sp³-hybridized carbons (Fsp3) is 0.800. The second-order valence-electron chi connectivity index (χ2n) is 4.42. The van der Waals surface area contributed by atoms with Crippen LogP contribution in [0.4, 0.5) is 0 Å². The largest absolute Gasteiger partial charge is 0.393 e. The minimum Gasteiger partial charge on any atom is -0.393 e. The van der Waals surface area contributed by atoms with Gasteiger partial charge in [-0.15, -0.1) is 0 Å². The van der Waals surface area contributed by atoms with E-state index in [1.54, 1.807) is 0 Å². The maximum absolute atomic E-state index is 9.43. The fourth-order valence-electron chi connectivity index (χ4n) is 1.62. The van der Waals surface area contributed by atoms with Crippen molar-refractivity contribution in [2.45, 2.75) is 40.2 Å². The van der Waals surface area contributed by atoms with Crippen molar-refractivity contribution in [2.24, 2.45) is 11.3 Å². The van der Waals surface area contributed by atoms with E-state index in [-0.39, 0.29) is 11.5 Å². The van der Waals surface area contributed by atoms with Crippen molar-refractivity contribution in [3.05, 3.63) is 11.6 Å². The van der Waals surface area contributed by atoms with E-state index in [4.69, 9.17) is 0 Å². The molecule has 0 aliphatic heterocycles. The van der Waals surface area contributed by atoms with E-state index in [2.05, 4.69) is 33.8 Å². The minimum absolute atomic E-state index is 0.0944. The monoisotopic (exact) mass is 154 g/mol. The predicted molar refractivity (Wildman–Crippen MR) is 47.3 cm³/mol. The van der Waals surface area contributed by atoms with Crippen LogP contribution in [-0.2, 0) is 0 Å². The lowest BCUT2D eigenvalue weighted by Crippen LogP contribution is -2.48. The van der Waals surface area contributed by atoms with Gasteiger partial charge in [-0.2, -0.15) is 0 Å². The van der Waals surface area contributed by atoms with E-state index >= 15 is 0 Å². The highest BCUT2D eigenvalue weighted by molar-refractivity contribution is 5.10. The lowest BCUT2D eigenvalue weighted by Gasteiger charge is -2.48. The molecule has 0 heterocycles. The lowest BCUT2D eigenvalue weighted by molar-refractivity contribution is -0.0775. The van der Waals surface area contributed by atoms with E-state index in [1.165, 1.54) is 5.57 Å². The highest BCUT2D eigenvalue weighted by Gasteiger charge is 2.45. The van der Waals surface area contributed by atoms with Crippen molar-refractivity contribution in [1.82, 2.24) is 0 Å². The zero-order valence-electron chi connectivity index (χ0n) is 7.89. The van der Waals surface area contributed by atoms with Crippen molar-refractivity contribution < 1.29 is 5.11 Å². The van der Waals surface area contributed by atoms with Gasteiger partial charge in [0.2, 0.25) is 0 Å². The molecular formula is C10H18O. The summed E-state index contributed by atoms with van der Waals surface area (Å²) in [6, 6.07) is 0. The summed E-state index contributed by atoms with van der Waals surface area (Å²) in [5.41, 5.74) is 1.46. The maximum atomic E-state index is 9.43. The van der Waals surface area contributed by atoms with Crippen molar-refractivity contribution >= 4 is 0 Å². The second kappa shape index (κ2) is 2.63. The number of hydrogen-bond donors (Lipinski definition) is 1. The molecule has 11 heavy (non-hydrogen) atoms. The van der Waals surface area contributed by atoms with Gasteiger partial charge in [0.05, 0.1) is 6.10 Å². The second-order valence-corrected chi connectivity index (χ2v) is 4.42. The zero-order valence-corrected chi connectivity index (χ0v) is 7.89. The average Bonchev–Trinajstić information content (AvgIpc) is 1.87. The molecule has 0 spiro atoms. The molecule has 1 heteroatoms. The molecule has 1 nitrogen and oxygen atoms in total. The van der Waals surface area contributed by atoms with Crippen LogP contribution < -0.4 is 0 Å². The van der Waals surface area contributed by atoms with Gasteiger partial charge >= 0.3 is 0 Å². The summed E-state index contributed by atoms with van der Waals surface area (Å²) in [6.45, 7) is 8.48. The Morgan fingerprint density at radius 2 is 2.00 bits per heavy atom. The van der Waals surface area contributed by atoms with Crippen LogP contribution in [0, 0.1) is 11.3 Å². The van der Waals surface area contributed by atoms with Crippen molar-refractivity contribution in [2.75, 3.05) is 0 Å². The molecule has 64 valence electrons. The molecule has 0 saturated heterocycles. The summed E-state index contributed by atoms with van der Waals surface area (Å²) >= 11 is 0. The third kappa shape index (κ3) is 1.48. The molecule has 1 rings (SSSR count). The molecule has 1 aliphatic carbocycles.